The second-order valence-electron chi connectivity index (χ2n) is 8.02. The van der Waals surface area contributed by atoms with Gasteiger partial charge in [0.1, 0.15) is 0 Å². The van der Waals surface area contributed by atoms with Crippen LogP contribution in [0.5, 0.6) is 0 Å². The molecule has 0 aliphatic carbocycles. The predicted octanol–water partition coefficient (Wildman–Crippen LogP) is 3.24. The summed E-state index contributed by atoms with van der Waals surface area (Å²) in [6.45, 7) is 3.57. The number of anilines is 1. The molecule has 1 saturated heterocycles. The van der Waals surface area contributed by atoms with Gasteiger partial charge in [0.2, 0.25) is 11.1 Å². The van der Waals surface area contributed by atoms with Gasteiger partial charge in [-0.15, -0.1) is 5.10 Å². The third-order valence-electron chi connectivity index (χ3n) is 5.56. The van der Waals surface area contributed by atoms with Crippen molar-refractivity contribution in [1.29, 1.82) is 0 Å². The molecule has 1 aliphatic rings. The van der Waals surface area contributed by atoms with Gasteiger partial charge in [-0.05, 0) is 33.7 Å². The minimum absolute atomic E-state index is 0.00592. The van der Waals surface area contributed by atoms with E-state index in [0.717, 1.165) is 16.7 Å². The number of rotatable bonds is 7. The zero-order valence-corrected chi connectivity index (χ0v) is 19.5. The molecule has 2 N–H and O–H groups in total. The van der Waals surface area contributed by atoms with Gasteiger partial charge < -0.3 is 19.9 Å². The first-order valence-corrected chi connectivity index (χ1v) is 11.7. The lowest BCUT2D eigenvalue weighted by atomic mass is 9.91. The quantitative estimate of drug-likeness (QED) is 0.507. The molecule has 4 rings (SSSR count). The third kappa shape index (κ3) is 5.59. The van der Waals surface area contributed by atoms with E-state index in [4.69, 9.17) is 9.47 Å². The maximum atomic E-state index is 11.5. The molecule has 1 fully saturated rings. The van der Waals surface area contributed by atoms with Crippen LogP contribution in [0.25, 0.3) is 0 Å². The van der Waals surface area contributed by atoms with E-state index in [0.29, 0.717) is 16.6 Å². The van der Waals surface area contributed by atoms with E-state index in [1.807, 2.05) is 48.5 Å². The summed E-state index contributed by atoms with van der Waals surface area (Å²) in [5.41, 5.74) is 3.37. The number of aromatic nitrogens is 4. The number of hydrogen-bond donors (Lipinski definition) is 2. The minimum Gasteiger partial charge on any atom is -0.392 e. The van der Waals surface area contributed by atoms with Crippen LogP contribution < -0.4 is 5.32 Å². The Morgan fingerprint density at radius 2 is 1.97 bits per heavy atom. The van der Waals surface area contributed by atoms with Gasteiger partial charge in [0.25, 0.3) is 0 Å². The highest BCUT2D eigenvalue weighted by atomic mass is 32.2. The van der Waals surface area contributed by atoms with Crippen molar-refractivity contribution < 1.29 is 19.4 Å². The second kappa shape index (κ2) is 10.4. The molecule has 0 spiro atoms. The van der Waals surface area contributed by atoms with E-state index >= 15 is 0 Å². The van der Waals surface area contributed by atoms with Gasteiger partial charge in [-0.1, -0.05) is 55.1 Å². The summed E-state index contributed by atoms with van der Waals surface area (Å²) in [5.74, 6) is 0.555. The van der Waals surface area contributed by atoms with Gasteiger partial charge in [0.15, 0.2) is 6.29 Å². The van der Waals surface area contributed by atoms with E-state index in [1.54, 1.807) is 11.7 Å². The molecule has 3 aromatic rings. The van der Waals surface area contributed by atoms with Crippen LogP contribution in [0, 0.1) is 5.92 Å². The van der Waals surface area contributed by atoms with Crippen LogP contribution in [0.3, 0.4) is 0 Å². The van der Waals surface area contributed by atoms with E-state index in [1.165, 1.54) is 18.7 Å². The van der Waals surface area contributed by atoms with Crippen LogP contribution >= 0.6 is 11.8 Å². The lowest BCUT2D eigenvalue weighted by Gasteiger charge is -2.41. The number of thioether (sulfide) groups is 1. The minimum atomic E-state index is -0.611. The monoisotopic (exact) mass is 469 g/mol. The molecular formula is C23H27N5O4S. The first-order valence-electron chi connectivity index (χ1n) is 10.7. The Hall–Kier alpha value is -2.79. The molecule has 4 atom stereocenters. The molecule has 1 aromatic heterocycles. The fourth-order valence-electron chi connectivity index (χ4n) is 3.78. The SMILES string of the molecule is CC(=O)Nc1cccc([C@@H]2O[C@H](CSc3nnnn3C)[C@H](C)[C@H](c3ccc(CO)cc3)O2)c1. The Morgan fingerprint density at radius 1 is 1.18 bits per heavy atom. The van der Waals surface area contributed by atoms with E-state index in [-0.39, 0.29) is 30.6 Å². The summed E-state index contributed by atoms with van der Waals surface area (Å²) in [7, 11) is 1.80. The zero-order valence-electron chi connectivity index (χ0n) is 18.7. The van der Waals surface area contributed by atoms with Crippen molar-refractivity contribution in [2.75, 3.05) is 11.1 Å². The van der Waals surface area contributed by atoms with Crippen LogP contribution in [0.1, 0.15) is 42.9 Å². The topological polar surface area (TPSA) is 111 Å². The van der Waals surface area contributed by atoms with Crippen molar-refractivity contribution in [1.82, 2.24) is 20.2 Å². The van der Waals surface area contributed by atoms with Gasteiger partial charge in [0, 0.05) is 36.9 Å². The molecule has 33 heavy (non-hydrogen) atoms. The molecule has 0 unspecified atom stereocenters. The number of ether oxygens (including phenoxy) is 2. The van der Waals surface area contributed by atoms with E-state index in [9.17, 15) is 9.90 Å². The second-order valence-corrected chi connectivity index (χ2v) is 9.01. The van der Waals surface area contributed by atoms with Gasteiger partial charge >= 0.3 is 0 Å². The van der Waals surface area contributed by atoms with Crippen molar-refractivity contribution in [2.45, 2.75) is 44.1 Å². The molecule has 1 amide bonds. The Labute approximate surface area is 196 Å². The molecule has 2 heterocycles. The first-order chi connectivity index (χ1) is 15.9. The number of aryl methyl sites for hydroxylation is 1. The van der Waals surface area contributed by atoms with Gasteiger partial charge in [-0.25, -0.2) is 4.68 Å². The van der Waals surface area contributed by atoms with Crippen molar-refractivity contribution in [3.05, 3.63) is 65.2 Å². The smallest absolute Gasteiger partial charge is 0.221 e. The van der Waals surface area contributed by atoms with Gasteiger partial charge in [-0.3, -0.25) is 4.79 Å². The summed E-state index contributed by atoms with van der Waals surface area (Å²) in [6, 6.07) is 15.3. The first kappa shape index (κ1) is 23.4. The molecule has 10 heteroatoms. The average molecular weight is 470 g/mol. The summed E-state index contributed by atoms with van der Waals surface area (Å²) in [4.78, 5) is 11.5. The van der Waals surface area contributed by atoms with Crippen molar-refractivity contribution in [3.8, 4) is 0 Å². The number of nitrogens with zero attached hydrogens (tertiary/aromatic N) is 4. The van der Waals surface area contributed by atoms with E-state index in [2.05, 4.69) is 27.8 Å². The zero-order chi connectivity index (χ0) is 23.4. The third-order valence-corrected chi connectivity index (χ3v) is 6.66. The Bertz CT molecular complexity index is 1090. The van der Waals surface area contributed by atoms with Crippen LogP contribution in [-0.4, -0.2) is 43.1 Å². The summed E-state index contributed by atoms with van der Waals surface area (Å²) in [6.07, 6.45) is -0.970. The maximum Gasteiger partial charge on any atom is 0.221 e. The maximum absolute atomic E-state index is 11.5. The molecule has 0 radical (unpaired) electrons. The van der Waals surface area contributed by atoms with Gasteiger partial charge in [-0.2, -0.15) is 0 Å². The Balaban J connectivity index is 1.60. The van der Waals surface area contributed by atoms with E-state index < -0.39 is 6.29 Å². The normalized spacial score (nSPS) is 22.8. The van der Waals surface area contributed by atoms with Crippen molar-refractivity contribution >= 4 is 23.4 Å². The Kier molecular flexibility index (Phi) is 7.39. The number of aliphatic hydroxyl groups is 1. The largest absolute Gasteiger partial charge is 0.392 e. The number of amides is 1. The number of carbonyl (C=O) groups is 1. The predicted molar refractivity (Wildman–Crippen MR) is 123 cm³/mol. The molecular weight excluding hydrogens is 442 g/mol. The number of carbonyl (C=O) groups excluding carboxylic acids is 1. The molecule has 174 valence electrons. The fraction of sp³-hybridized carbons (Fsp3) is 0.391. The number of nitrogens with one attached hydrogen (secondary N) is 1. The molecule has 2 aromatic carbocycles. The lowest BCUT2D eigenvalue weighted by Crippen LogP contribution is -2.38. The number of aliphatic hydroxyl groups excluding tert-OH is 1. The molecule has 9 nitrogen and oxygen atoms in total. The Morgan fingerprint density at radius 3 is 2.64 bits per heavy atom. The number of hydrogen-bond acceptors (Lipinski definition) is 8. The van der Waals surface area contributed by atoms with Crippen LogP contribution in [0.2, 0.25) is 0 Å². The highest BCUT2D eigenvalue weighted by molar-refractivity contribution is 7.99. The van der Waals surface area contributed by atoms with Crippen molar-refractivity contribution in [2.24, 2.45) is 13.0 Å². The average Bonchev–Trinajstić information content (AvgIpc) is 3.23. The van der Waals surface area contributed by atoms with Gasteiger partial charge in [0.05, 0.1) is 18.8 Å². The van der Waals surface area contributed by atoms with Crippen LogP contribution in [-0.2, 0) is 27.9 Å². The van der Waals surface area contributed by atoms with Crippen LogP contribution in [0.15, 0.2) is 53.7 Å². The highest BCUT2D eigenvalue weighted by Crippen LogP contribution is 2.43. The van der Waals surface area contributed by atoms with Crippen LogP contribution in [0.4, 0.5) is 5.69 Å². The molecule has 0 saturated carbocycles. The standard InChI is InChI=1S/C23H27N5O4S/c1-14-20(13-33-23-25-26-27-28(23)3)31-22(18-5-4-6-19(11-18)24-15(2)30)32-21(14)17-9-7-16(12-29)8-10-17/h4-11,14,20-22,29H,12-13H2,1-3H3,(H,24,30)/t14-,20+,21+,22+/m0/s1. The fourth-order valence-corrected chi connectivity index (χ4v) is 4.79. The lowest BCUT2D eigenvalue weighted by molar-refractivity contribution is -0.268. The molecule has 0 bridgehead atoms. The summed E-state index contributed by atoms with van der Waals surface area (Å²) in [5, 5.41) is 24.6. The highest BCUT2D eigenvalue weighted by Gasteiger charge is 2.38. The number of benzene rings is 2. The molecule has 1 aliphatic heterocycles. The number of tetrazole rings is 1. The van der Waals surface area contributed by atoms with Crippen molar-refractivity contribution in [3.63, 3.8) is 0 Å². The summed E-state index contributed by atoms with van der Waals surface area (Å²) < 4.78 is 14.5. The summed E-state index contributed by atoms with van der Waals surface area (Å²) >= 11 is 1.53.